The maximum atomic E-state index is 6.35. The monoisotopic (exact) mass is 365 g/mol. The average molecular weight is 366 g/mol. The molecule has 2 N–H and O–H groups in total. The van der Waals surface area contributed by atoms with Gasteiger partial charge < -0.3 is 14.7 Å². The molecule has 1 aliphatic carbocycles. The molecule has 1 aliphatic rings. The lowest BCUT2D eigenvalue weighted by molar-refractivity contribution is 0.368. The Hall–Kier alpha value is -1.82. The molecule has 0 saturated heterocycles. The number of aromatic nitrogens is 2. The van der Waals surface area contributed by atoms with E-state index in [1.54, 1.807) is 6.07 Å². The van der Waals surface area contributed by atoms with E-state index in [1.807, 2.05) is 30.3 Å². The first-order chi connectivity index (χ1) is 11.2. The highest BCUT2D eigenvalue weighted by molar-refractivity contribution is 6.33. The van der Waals surface area contributed by atoms with E-state index in [-0.39, 0.29) is 12.4 Å². The number of furan rings is 1. The Kier molecular flexibility index (Phi) is 4.67. The second-order valence-corrected chi connectivity index (χ2v) is 6.34. The molecule has 0 atom stereocenters. The fourth-order valence-corrected chi connectivity index (χ4v) is 3.24. The number of hydrogen-bond acceptors (Lipinski definition) is 5. The highest BCUT2D eigenvalue weighted by Gasteiger charge is 2.36. The third kappa shape index (κ3) is 2.95. The largest absolute Gasteiger partial charge is 0.451 e. The molecule has 0 spiro atoms. The van der Waals surface area contributed by atoms with Gasteiger partial charge in [-0.15, -0.1) is 12.4 Å². The van der Waals surface area contributed by atoms with Gasteiger partial charge in [0.15, 0.2) is 11.6 Å². The summed E-state index contributed by atoms with van der Waals surface area (Å²) in [6, 6.07) is 11.1. The van der Waals surface area contributed by atoms with E-state index in [1.165, 1.54) is 0 Å². The van der Waals surface area contributed by atoms with Crippen LogP contribution in [-0.2, 0) is 5.54 Å². The molecule has 2 aromatic heterocycles. The number of rotatable bonds is 3. The summed E-state index contributed by atoms with van der Waals surface area (Å²) in [6.07, 6.45) is 3.96. The zero-order valence-corrected chi connectivity index (χ0v) is 14.4. The number of nitrogens with two attached hydrogens (primary N) is 1. The molecule has 1 fully saturated rings. The normalized spacial score (nSPS) is 16.1. The van der Waals surface area contributed by atoms with Crippen LogP contribution in [0.25, 0.3) is 23.0 Å². The summed E-state index contributed by atoms with van der Waals surface area (Å²) in [7, 11) is 0. The Morgan fingerprint density at radius 2 is 1.75 bits per heavy atom. The van der Waals surface area contributed by atoms with Crippen molar-refractivity contribution in [1.82, 2.24) is 10.1 Å². The van der Waals surface area contributed by atoms with E-state index in [0.717, 1.165) is 31.2 Å². The topological polar surface area (TPSA) is 78.1 Å². The van der Waals surface area contributed by atoms with Crippen LogP contribution in [0.1, 0.15) is 31.5 Å². The molecule has 2 heterocycles. The van der Waals surface area contributed by atoms with E-state index >= 15 is 0 Å². The molecule has 7 heteroatoms. The van der Waals surface area contributed by atoms with E-state index in [9.17, 15) is 0 Å². The Morgan fingerprint density at radius 3 is 2.50 bits per heavy atom. The Labute approximate surface area is 150 Å². The van der Waals surface area contributed by atoms with Crippen molar-refractivity contribution < 1.29 is 8.94 Å². The van der Waals surface area contributed by atoms with Gasteiger partial charge in [0, 0.05) is 5.56 Å². The van der Waals surface area contributed by atoms with E-state index in [0.29, 0.717) is 28.3 Å². The molecular weight excluding hydrogens is 349 g/mol. The van der Waals surface area contributed by atoms with E-state index in [4.69, 9.17) is 26.3 Å². The second kappa shape index (κ2) is 6.59. The van der Waals surface area contributed by atoms with Crippen LogP contribution in [-0.4, -0.2) is 10.1 Å². The molecule has 126 valence electrons. The van der Waals surface area contributed by atoms with Gasteiger partial charge in [0.2, 0.25) is 0 Å². The number of benzene rings is 1. The standard InChI is InChI=1S/C17H16ClN3O2.ClH/c18-12-6-2-1-5-11(12)13-7-8-14(22-13)15-20-16(21-23-15)17(19)9-3-4-10-17;/h1-2,5-8H,3-4,9-10,19H2;1H. The molecule has 3 aromatic rings. The van der Waals surface area contributed by atoms with Crippen molar-refractivity contribution >= 4 is 24.0 Å². The fraction of sp³-hybridized carbons (Fsp3) is 0.294. The summed E-state index contributed by atoms with van der Waals surface area (Å²) < 4.78 is 11.2. The van der Waals surface area contributed by atoms with Crippen LogP contribution in [0.2, 0.25) is 5.02 Å². The highest BCUT2D eigenvalue weighted by atomic mass is 35.5. The molecule has 0 amide bonds. The molecule has 24 heavy (non-hydrogen) atoms. The Morgan fingerprint density at radius 1 is 1.04 bits per heavy atom. The third-order valence-corrected chi connectivity index (χ3v) is 4.65. The van der Waals surface area contributed by atoms with Crippen LogP contribution in [0.15, 0.2) is 45.3 Å². The maximum absolute atomic E-state index is 6.35. The molecule has 0 radical (unpaired) electrons. The number of nitrogens with zero attached hydrogens (tertiary/aromatic N) is 2. The van der Waals surface area contributed by atoms with Crippen molar-refractivity contribution in [2.75, 3.05) is 0 Å². The van der Waals surface area contributed by atoms with Gasteiger partial charge in [-0.05, 0) is 37.1 Å². The maximum Gasteiger partial charge on any atom is 0.293 e. The van der Waals surface area contributed by atoms with Crippen LogP contribution in [0.5, 0.6) is 0 Å². The minimum atomic E-state index is -0.472. The van der Waals surface area contributed by atoms with Gasteiger partial charge >= 0.3 is 0 Å². The van der Waals surface area contributed by atoms with Crippen LogP contribution in [0.4, 0.5) is 0 Å². The fourth-order valence-electron chi connectivity index (χ4n) is 3.01. The van der Waals surface area contributed by atoms with Gasteiger partial charge in [0.25, 0.3) is 5.89 Å². The summed E-state index contributed by atoms with van der Waals surface area (Å²) in [5.74, 6) is 2.07. The lowest BCUT2D eigenvalue weighted by atomic mass is 9.99. The molecule has 1 aromatic carbocycles. The minimum absolute atomic E-state index is 0. The lowest BCUT2D eigenvalue weighted by Crippen LogP contribution is -2.34. The summed E-state index contributed by atoms with van der Waals surface area (Å²) in [6.45, 7) is 0. The Balaban J connectivity index is 0.00000169. The minimum Gasteiger partial charge on any atom is -0.451 e. The molecule has 0 aliphatic heterocycles. The molecule has 0 bridgehead atoms. The highest BCUT2D eigenvalue weighted by Crippen LogP contribution is 2.36. The van der Waals surface area contributed by atoms with Gasteiger partial charge in [-0.25, -0.2) is 0 Å². The molecule has 5 nitrogen and oxygen atoms in total. The Bertz CT molecular complexity index is 838. The molecular formula is C17H17Cl2N3O2. The summed E-state index contributed by atoms with van der Waals surface area (Å²) >= 11 is 6.19. The first-order valence-electron chi connectivity index (χ1n) is 7.64. The second-order valence-electron chi connectivity index (χ2n) is 5.93. The van der Waals surface area contributed by atoms with Crippen molar-refractivity contribution in [1.29, 1.82) is 0 Å². The summed E-state index contributed by atoms with van der Waals surface area (Å²) in [5.41, 5.74) is 6.71. The predicted molar refractivity (Wildman–Crippen MR) is 94.0 cm³/mol. The SMILES string of the molecule is Cl.NC1(c2noc(-c3ccc(-c4ccccc4Cl)o3)n2)CCCC1. The smallest absolute Gasteiger partial charge is 0.293 e. The summed E-state index contributed by atoms with van der Waals surface area (Å²) in [5, 5.41) is 4.68. The van der Waals surface area contributed by atoms with Crippen molar-refractivity contribution in [2.24, 2.45) is 5.73 Å². The van der Waals surface area contributed by atoms with Crippen molar-refractivity contribution in [3.05, 3.63) is 47.2 Å². The van der Waals surface area contributed by atoms with Gasteiger partial charge in [-0.1, -0.05) is 41.7 Å². The molecule has 0 unspecified atom stereocenters. The van der Waals surface area contributed by atoms with Gasteiger partial charge in [-0.2, -0.15) is 4.98 Å². The van der Waals surface area contributed by atoms with E-state index in [2.05, 4.69) is 10.1 Å². The van der Waals surface area contributed by atoms with Crippen LogP contribution in [0, 0.1) is 0 Å². The van der Waals surface area contributed by atoms with Gasteiger partial charge in [0.1, 0.15) is 5.76 Å². The van der Waals surface area contributed by atoms with Crippen LogP contribution >= 0.6 is 24.0 Å². The van der Waals surface area contributed by atoms with Gasteiger partial charge in [0.05, 0.1) is 10.6 Å². The number of halogens is 2. The first kappa shape index (κ1) is 17.0. The van der Waals surface area contributed by atoms with Crippen molar-refractivity contribution in [3.8, 4) is 23.0 Å². The third-order valence-electron chi connectivity index (χ3n) is 4.32. The van der Waals surface area contributed by atoms with Gasteiger partial charge in [-0.3, -0.25) is 0 Å². The lowest BCUT2D eigenvalue weighted by Gasteiger charge is -2.17. The first-order valence-corrected chi connectivity index (χ1v) is 8.02. The quantitative estimate of drug-likeness (QED) is 0.720. The van der Waals surface area contributed by atoms with Crippen molar-refractivity contribution in [2.45, 2.75) is 31.2 Å². The summed E-state index contributed by atoms with van der Waals surface area (Å²) in [4.78, 5) is 4.43. The number of hydrogen-bond donors (Lipinski definition) is 1. The zero-order chi connectivity index (χ0) is 15.9. The molecule has 1 saturated carbocycles. The predicted octanol–water partition coefficient (Wildman–Crippen LogP) is 4.80. The van der Waals surface area contributed by atoms with E-state index < -0.39 is 5.54 Å². The van der Waals surface area contributed by atoms with Crippen LogP contribution < -0.4 is 5.73 Å². The van der Waals surface area contributed by atoms with Crippen molar-refractivity contribution in [3.63, 3.8) is 0 Å². The molecule has 4 rings (SSSR count). The zero-order valence-electron chi connectivity index (χ0n) is 12.9. The van der Waals surface area contributed by atoms with Crippen LogP contribution in [0.3, 0.4) is 0 Å². The average Bonchev–Trinajstić information content (AvgIpc) is 3.27.